The van der Waals surface area contributed by atoms with Crippen LogP contribution in [0.1, 0.15) is 0 Å². The first-order valence-electron chi connectivity index (χ1n) is 1.08. The van der Waals surface area contributed by atoms with Crippen molar-refractivity contribution in [2.45, 2.75) is 0 Å². The zero-order valence-electron chi connectivity index (χ0n) is 6.12. The van der Waals surface area contributed by atoms with E-state index in [4.69, 9.17) is 22.0 Å². The van der Waals surface area contributed by atoms with Gasteiger partial charge in [0.05, 0.1) is 0 Å². The first-order valence-corrected chi connectivity index (χ1v) is 3.25. The fourth-order valence-electron chi connectivity index (χ4n) is 0. The van der Waals surface area contributed by atoms with Crippen LogP contribution in [-0.4, -0.2) is 179 Å². The van der Waals surface area contributed by atoms with Crippen molar-refractivity contribution in [2.24, 2.45) is 0 Å². The molecular formula is H3AlK3Na3O5Si. The molecule has 0 aliphatic carbocycles. The summed E-state index contributed by atoms with van der Waals surface area (Å²) in [5.41, 5.74) is 0. The molecule has 5 nitrogen and oxygen atoms in total. The van der Waals surface area contributed by atoms with Crippen LogP contribution < -0.4 is 102 Å². The van der Waals surface area contributed by atoms with Gasteiger partial charge in [-0.3, -0.25) is 0 Å². The molecule has 0 aromatic carbocycles. The average Bonchev–Trinajstić information content (AvgIpc) is 1.33. The van der Waals surface area contributed by atoms with Gasteiger partial charge in [-0.1, -0.05) is 0 Å². The predicted octanol–water partition coefficient (Wildman–Crippen LogP) is -15.5. The molecule has 0 bridgehead atoms. The van der Waals surface area contributed by atoms with Gasteiger partial charge in [-0.2, -0.15) is 0 Å². The fraction of sp³-hybridized carbons (Fsp3) is 0. The first-order chi connectivity index (χ1) is 3.15. The Balaban J connectivity index is -0.00000000444. The summed E-state index contributed by atoms with van der Waals surface area (Å²) >= 11 is -1.75. The maximum atomic E-state index is 8.52. The van der Waals surface area contributed by atoms with Crippen molar-refractivity contribution in [1.29, 1.82) is 0 Å². The average molecular weight is 324 g/mol. The van der Waals surface area contributed by atoms with E-state index in [2.05, 4.69) is 0 Å². The Morgan fingerprint density at radius 3 is 0.923 bits per heavy atom. The van der Waals surface area contributed by atoms with E-state index in [1.54, 1.807) is 0 Å². The van der Waals surface area contributed by atoms with E-state index in [1.807, 2.05) is 0 Å². The zero-order chi connectivity index (χ0) is 6.28. The SMILES string of the molecule is O=[Si]([O-])[O-].[KH].[KH].[KH].[Na+].[Na+].[Na+].[O]=[Al][O-]. The maximum absolute atomic E-state index is 8.52. The summed E-state index contributed by atoms with van der Waals surface area (Å²) < 4.78 is 25.4. The summed E-state index contributed by atoms with van der Waals surface area (Å²) in [6.07, 6.45) is 0. The van der Waals surface area contributed by atoms with E-state index in [-0.39, 0.29) is 243 Å². The van der Waals surface area contributed by atoms with E-state index in [1.165, 1.54) is 0 Å². The Kier molecular flexibility index (Phi) is 193. The molecule has 13 heteroatoms. The predicted molar refractivity (Wildman–Crippen MR) is 34.3 cm³/mol. The molecule has 0 heterocycles. The van der Waals surface area contributed by atoms with Crippen LogP contribution in [-0.2, 0) is 8.27 Å². The van der Waals surface area contributed by atoms with Crippen molar-refractivity contribution >= 4 is 179 Å². The standard InChI is InChI=1S/Al.3K.3Na.O3Si.2O.3H/c;;;;;;;1-4(2)3;;;;;/q;;;;3*+1;-2;;-1;;;. The molecule has 0 amide bonds. The van der Waals surface area contributed by atoms with E-state index >= 15 is 0 Å². The molecule has 0 spiro atoms. The van der Waals surface area contributed by atoms with Gasteiger partial charge in [-0.05, 0) is 0 Å². The minimum absolute atomic E-state index is 0. The van der Waals surface area contributed by atoms with Crippen LogP contribution in [0.2, 0.25) is 0 Å². The normalized spacial score (nSPS) is 2.46. The summed E-state index contributed by atoms with van der Waals surface area (Å²) in [6, 6.07) is 0. The van der Waals surface area contributed by atoms with Gasteiger partial charge in [0.25, 0.3) is 0 Å². The van der Waals surface area contributed by atoms with Crippen molar-refractivity contribution in [3.63, 3.8) is 0 Å². The van der Waals surface area contributed by atoms with Gasteiger partial charge in [-0.25, -0.2) is 0 Å². The molecule has 0 aliphatic rings. The van der Waals surface area contributed by atoms with Gasteiger partial charge in [0, 0.05) is 9.17 Å². The van der Waals surface area contributed by atoms with Gasteiger partial charge < -0.3 is 14.1 Å². The molecule has 0 aromatic heterocycles. The number of rotatable bonds is 0. The molecule has 0 atom stereocenters. The molecule has 0 radical (unpaired) electrons. The second kappa shape index (κ2) is 50.4. The van der Waals surface area contributed by atoms with E-state index in [0.717, 1.165) is 0 Å². The van der Waals surface area contributed by atoms with Gasteiger partial charge >= 0.3 is 266 Å². The summed E-state index contributed by atoms with van der Waals surface area (Å²) in [6.45, 7) is 0. The number of hydrogen-bond donors (Lipinski definition) is 0. The molecule has 0 saturated heterocycles. The quantitative estimate of drug-likeness (QED) is 0.412. The van der Waals surface area contributed by atoms with E-state index in [0.29, 0.717) is 0 Å². The first kappa shape index (κ1) is 49.8. The van der Waals surface area contributed by atoms with E-state index < -0.39 is 24.7 Å². The third-order valence-corrected chi connectivity index (χ3v) is 0. The zero-order valence-corrected chi connectivity index (χ0v) is 14.3. The van der Waals surface area contributed by atoms with E-state index in [9.17, 15) is 0 Å². The van der Waals surface area contributed by atoms with Gasteiger partial charge in [0.2, 0.25) is 0 Å². The monoisotopic (exact) mass is 324 g/mol. The molecule has 0 rings (SSSR count). The minimum atomic E-state index is -3.63. The summed E-state index contributed by atoms with van der Waals surface area (Å²) in [5.74, 6) is 0. The van der Waals surface area contributed by atoms with Crippen LogP contribution in [0.4, 0.5) is 0 Å². The molecule has 0 N–H and O–H groups in total. The molecule has 0 saturated carbocycles. The molecule has 0 aliphatic heterocycles. The Bertz CT molecular complexity index is 74.0. The second-order valence-electron chi connectivity index (χ2n) is 0.346. The molecule has 46 valence electrons. The van der Waals surface area contributed by atoms with Crippen molar-refractivity contribution < 1.29 is 111 Å². The topological polar surface area (TPSA) is 103 Å². The summed E-state index contributed by atoms with van der Waals surface area (Å²) in [7, 11) is -3.63. The Morgan fingerprint density at radius 2 is 0.923 bits per heavy atom. The van der Waals surface area contributed by atoms with Crippen molar-refractivity contribution in [1.82, 2.24) is 0 Å². The van der Waals surface area contributed by atoms with Gasteiger partial charge in [0.15, 0.2) is 0 Å². The van der Waals surface area contributed by atoms with Gasteiger partial charge in [0.1, 0.15) is 0 Å². The molecule has 0 unspecified atom stereocenters. The Labute approximate surface area is 279 Å². The molecule has 0 aromatic rings. The third kappa shape index (κ3) is 105. The van der Waals surface area contributed by atoms with Crippen LogP contribution in [0.25, 0.3) is 0 Å². The van der Waals surface area contributed by atoms with Crippen molar-refractivity contribution in [2.75, 3.05) is 0 Å². The van der Waals surface area contributed by atoms with Gasteiger partial charge in [-0.15, -0.1) is 0 Å². The van der Waals surface area contributed by atoms with Crippen LogP contribution in [0.5, 0.6) is 0 Å². The van der Waals surface area contributed by atoms with Crippen molar-refractivity contribution in [3.05, 3.63) is 0 Å². The molecular weight excluding hydrogens is 321 g/mol. The summed E-state index contributed by atoms with van der Waals surface area (Å²) in [4.78, 5) is 17.0. The van der Waals surface area contributed by atoms with Crippen LogP contribution in [0.15, 0.2) is 0 Å². The fourth-order valence-corrected chi connectivity index (χ4v) is 0. The Hall–Kier alpha value is 7.66. The third-order valence-electron chi connectivity index (χ3n) is 0. The van der Waals surface area contributed by atoms with Crippen LogP contribution >= 0.6 is 0 Å². The second-order valence-corrected chi connectivity index (χ2v) is 1.04. The molecule has 13 heavy (non-hydrogen) atoms. The van der Waals surface area contributed by atoms with Crippen LogP contribution in [0, 0.1) is 0 Å². The summed E-state index contributed by atoms with van der Waals surface area (Å²) in [5, 5.41) is 0. The molecule has 0 fully saturated rings. The Morgan fingerprint density at radius 1 is 0.923 bits per heavy atom. The van der Waals surface area contributed by atoms with Crippen molar-refractivity contribution in [3.8, 4) is 0 Å². The van der Waals surface area contributed by atoms with Crippen LogP contribution in [0.3, 0.4) is 0 Å². The number of hydrogen-bond acceptors (Lipinski definition) is 5.